The van der Waals surface area contributed by atoms with E-state index in [1.165, 1.54) is 0 Å². The van der Waals surface area contributed by atoms with Gasteiger partial charge in [-0.15, -0.1) is 0 Å². The molecule has 2 aromatic rings. The zero-order valence-electron chi connectivity index (χ0n) is 15.4. The van der Waals surface area contributed by atoms with Gasteiger partial charge in [-0.1, -0.05) is 5.16 Å². The van der Waals surface area contributed by atoms with Crippen LogP contribution in [0.1, 0.15) is 37.1 Å². The Morgan fingerprint density at radius 1 is 1.35 bits per heavy atom. The Labute approximate surface area is 154 Å². The van der Waals surface area contributed by atoms with Crippen molar-refractivity contribution in [2.24, 2.45) is 5.92 Å². The first-order valence-electron chi connectivity index (χ1n) is 9.55. The molecule has 1 atom stereocenters. The van der Waals surface area contributed by atoms with Crippen molar-refractivity contribution in [2.45, 2.75) is 44.8 Å². The third-order valence-corrected chi connectivity index (χ3v) is 5.73. The van der Waals surface area contributed by atoms with E-state index >= 15 is 0 Å². The van der Waals surface area contributed by atoms with Crippen molar-refractivity contribution in [3.63, 3.8) is 0 Å². The number of pyridine rings is 1. The molecular weight excluding hydrogens is 330 g/mol. The minimum absolute atomic E-state index is 0.0362. The molecule has 2 saturated heterocycles. The number of nitrogens with zero attached hydrogens (tertiary/aromatic N) is 3. The summed E-state index contributed by atoms with van der Waals surface area (Å²) < 4.78 is 17.3. The Kier molecular flexibility index (Phi) is 5.22. The van der Waals surface area contributed by atoms with E-state index in [-0.39, 0.29) is 5.60 Å². The van der Waals surface area contributed by atoms with Crippen LogP contribution in [0.2, 0.25) is 0 Å². The molecule has 0 N–H and O–H groups in total. The van der Waals surface area contributed by atoms with Crippen molar-refractivity contribution in [1.82, 2.24) is 15.0 Å². The van der Waals surface area contributed by atoms with Gasteiger partial charge in [0.05, 0.1) is 24.1 Å². The fourth-order valence-electron chi connectivity index (χ4n) is 4.31. The molecule has 0 aliphatic carbocycles. The van der Waals surface area contributed by atoms with Gasteiger partial charge in [0, 0.05) is 38.5 Å². The fraction of sp³-hybridized carbons (Fsp3) is 0.600. The molecule has 2 aromatic heterocycles. The van der Waals surface area contributed by atoms with Gasteiger partial charge in [0.15, 0.2) is 0 Å². The Hall–Kier alpha value is -1.92. The maximum atomic E-state index is 6.27. The summed E-state index contributed by atoms with van der Waals surface area (Å²) in [4.78, 5) is 6.55. The molecule has 2 aliphatic heterocycles. The van der Waals surface area contributed by atoms with Crippen LogP contribution in [0.15, 0.2) is 35.1 Å². The normalized spacial score (nSPS) is 22.7. The molecule has 6 heteroatoms. The molecule has 2 fully saturated rings. The number of likely N-dealkylation sites (tertiary alicyclic amines) is 1. The molecule has 0 saturated carbocycles. The van der Waals surface area contributed by atoms with Crippen LogP contribution in [0, 0.1) is 12.8 Å². The molecule has 1 spiro atoms. The van der Waals surface area contributed by atoms with Crippen molar-refractivity contribution in [3.8, 4) is 5.75 Å². The standard InChI is InChI=1S/C20H27N3O3/c1-16-13-18(22-26-16)15-23-9-6-20(7-10-23)17(5-12-25-20)4-11-24-19-3-2-8-21-14-19/h2-3,8,13-14,17H,4-7,9-12,15H2,1H3/t17-/m1/s1. The smallest absolute Gasteiger partial charge is 0.137 e. The Morgan fingerprint density at radius 3 is 2.96 bits per heavy atom. The fourth-order valence-corrected chi connectivity index (χ4v) is 4.31. The van der Waals surface area contributed by atoms with Crippen molar-refractivity contribution in [1.29, 1.82) is 0 Å². The first-order valence-corrected chi connectivity index (χ1v) is 9.55. The molecule has 0 amide bonds. The van der Waals surface area contributed by atoms with E-state index in [2.05, 4.69) is 15.0 Å². The lowest BCUT2D eigenvalue weighted by Gasteiger charge is -2.42. The molecule has 0 aromatic carbocycles. The van der Waals surface area contributed by atoms with Gasteiger partial charge < -0.3 is 14.0 Å². The first kappa shape index (κ1) is 17.5. The largest absolute Gasteiger partial charge is 0.492 e. The van der Waals surface area contributed by atoms with Gasteiger partial charge in [0.1, 0.15) is 11.5 Å². The summed E-state index contributed by atoms with van der Waals surface area (Å²) in [6.07, 6.45) is 7.88. The van der Waals surface area contributed by atoms with Gasteiger partial charge in [-0.2, -0.15) is 0 Å². The third-order valence-electron chi connectivity index (χ3n) is 5.73. The van der Waals surface area contributed by atoms with E-state index in [1.54, 1.807) is 12.4 Å². The van der Waals surface area contributed by atoms with Crippen LogP contribution in [0.3, 0.4) is 0 Å². The van der Waals surface area contributed by atoms with Gasteiger partial charge in [-0.25, -0.2) is 0 Å². The average Bonchev–Trinajstić information content (AvgIpc) is 3.25. The van der Waals surface area contributed by atoms with E-state index < -0.39 is 0 Å². The molecule has 26 heavy (non-hydrogen) atoms. The van der Waals surface area contributed by atoms with Gasteiger partial charge in [0.25, 0.3) is 0 Å². The molecule has 6 nitrogen and oxygen atoms in total. The first-order chi connectivity index (χ1) is 12.7. The molecular formula is C20H27N3O3. The highest BCUT2D eigenvalue weighted by Gasteiger charge is 2.45. The molecule has 0 bridgehead atoms. The predicted molar refractivity (Wildman–Crippen MR) is 96.9 cm³/mol. The number of rotatable bonds is 6. The van der Waals surface area contributed by atoms with E-state index in [4.69, 9.17) is 14.0 Å². The summed E-state index contributed by atoms with van der Waals surface area (Å²) in [5.41, 5.74) is 1.06. The number of hydrogen-bond donors (Lipinski definition) is 0. The average molecular weight is 357 g/mol. The summed E-state index contributed by atoms with van der Waals surface area (Å²) in [7, 11) is 0. The van der Waals surface area contributed by atoms with Crippen LogP contribution < -0.4 is 4.74 Å². The monoisotopic (exact) mass is 357 g/mol. The highest BCUT2D eigenvalue weighted by atomic mass is 16.5. The van der Waals surface area contributed by atoms with Crippen LogP contribution in [0.5, 0.6) is 5.75 Å². The lowest BCUT2D eigenvalue weighted by Crippen LogP contribution is -2.47. The molecule has 0 unspecified atom stereocenters. The second-order valence-corrected chi connectivity index (χ2v) is 7.43. The van der Waals surface area contributed by atoms with Crippen LogP contribution >= 0.6 is 0 Å². The van der Waals surface area contributed by atoms with Gasteiger partial charge in [0.2, 0.25) is 0 Å². The number of aromatic nitrogens is 2. The van der Waals surface area contributed by atoms with Crippen molar-refractivity contribution >= 4 is 0 Å². The topological polar surface area (TPSA) is 60.6 Å². The van der Waals surface area contributed by atoms with Crippen molar-refractivity contribution < 1.29 is 14.0 Å². The van der Waals surface area contributed by atoms with E-state index in [9.17, 15) is 0 Å². The maximum absolute atomic E-state index is 6.27. The predicted octanol–water partition coefficient (Wildman–Crippen LogP) is 3.22. The Morgan fingerprint density at radius 2 is 2.23 bits per heavy atom. The lowest BCUT2D eigenvalue weighted by molar-refractivity contribution is -0.0710. The molecule has 4 rings (SSSR count). The number of hydrogen-bond acceptors (Lipinski definition) is 6. The molecule has 4 heterocycles. The second-order valence-electron chi connectivity index (χ2n) is 7.43. The SMILES string of the molecule is Cc1cc(CN2CCC3(CC2)OCC[C@H]3CCOc2cccnc2)no1. The van der Waals surface area contributed by atoms with E-state index in [0.29, 0.717) is 5.92 Å². The Balaban J connectivity index is 1.27. The summed E-state index contributed by atoms with van der Waals surface area (Å²) in [5, 5.41) is 4.11. The summed E-state index contributed by atoms with van der Waals surface area (Å²) in [6.45, 7) is 6.50. The molecule has 140 valence electrons. The number of piperidine rings is 1. The third kappa shape index (κ3) is 3.91. The minimum atomic E-state index is 0.0362. The van der Waals surface area contributed by atoms with Gasteiger partial charge in [-0.05, 0) is 50.7 Å². The Bertz CT molecular complexity index is 695. The number of aryl methyl sites for hydroxylation is 1. The maximum Gasteiger partial charge on any atom is 0.137 e. The zero-order chi connectivity index (χ0) is 17.8. The van der Waals surface area contributed by atoms with Crippen LogP contribution in [0.4, 0.5) is 0 Å². The van der Waals surface area contributed by atoms with Crippen LogP contribution in [-0.2, 0) is 11.3 Å². The van der Waals surface area contributed by atoms with Gasteiger partial charge in [-0.3, -0.25) is 9.88 Å². The highest BCUT2D eigenvalue weighted by molar-refractivity contribution is 5.15. The number of ether oxygens (including phenoxy) is 2. The van der Waals surface area contributed by atoms with E-state index in [0.717, 1.165) is 75.7 Å². The van der Waals surface area contributed by atoms with Crippen LogP contribution in [-0.4, -0.2) is 46.9 Å². The zero-order valence-corrected chi connectivity index (χ0v) is 15.4. The van der Waals surface area contributed by atoms with Crippen LogP contribution in [0.25, 0.3) is 0 Å². The van der Waals surface area contributed by atoms with Gasteiger partial charge >= 0.3 is 0 Å². The minimum Gasteiger partial charge on any atom is -0.492 e. The summed E-state index contributed by atoms with van der Waals surface area (Å²) >= 11 is 0. The summed E-state index contributed by atoms with van der Waals surface area (Å²) in [6, 6.07) is 5.88. The van der Waals surface area contributed by atoms with Crippen molar-refractivity contribution in [2.75, 3.05) is 26.3 Å². The molecule has 0 radical (unpaired) electrons. The quantitative estimate of drug-likeness (QED) is 0.791. The van der Waals surface area contributed by atoms with Crippen molar-refractivity contribution in [3.05, 3.63) is 42.0 Å². The summed E-state index contributed by atoms with van der Waals surface area (Å²) in [5.74, 6) is 2.30. The lowest BCUT2D eigenvalue weighted by atomic mass is 9.78. The molecule has 2 aliphatic rings. The second kappa shape index (κ2) is 7.76. The highest BCUT2D eigenvalue weighted by Crippen LogP contribution is 2.42. The van der Waals surface area contributed by atoms with E-state index in [1.807, 2.05) is 25.1 Å².